The summed E-state index contributed by atoms with van der Waals surface area (Å²) in [6, 6.07) is 10.6. The van der Waals surface area contributed by atoms with Gasteiger partial charge in [0.2, 0.25) is 5.75 Å². The molecule has 0 aliphatic heterocycles. The number of benzene rings is 2. The third-order valence-corrected chi connectivity index (χ3v) is 4.16. The summed E-state index contributed by atoms with van der Waals surface area (Å²) in [5.74, 6) is -0.0308. The summed E-state index contributed by atoms with van der Waals surface area (Å²) >= 11 is 3.21. The van der Waals surface area contributed by atoms with Crippen molar-refractivity contribution in [1.82, 2.24) is 0 Å². The first-order chi connectivity index (χ1) is 10.9. The summed E-state index contributed by atoms with van der Waals surface area (Å²) in [4.78, 5) is 14.8. The van der Waals surface area contributed by atoms with Gasteiger partial charge in [-0.25, -0.2) is 0 Å². The van der Waals surface area contributed by atoms with Gasteiger partial charge in [-0.3, -0.25) is 15.1 Å². The third-order valence-electron chi connectivity index (χ3n) is 3.70. The van der Waals surface area contributed by atoms with Gasteiger partial charge in [0.25, 0.3) is 0 Å². The Kier molecular flexibility index (Phi) is 5.50. The van der Waals surface area contributed by atoms with E-state index < -0.39 is 4.92 Å². The highest BCUT2D eigenvalue weighted by Crippen LogP contribution is 2.33. The van der Waals surface area contributed by atoms with Gasteiger partial charge in [0.05, 0.1) is 10.6 Å². The first-order valence-corrected chi connectivity index (χ1v) is 8.03. The molecule has 1 unspecified atom stereocenters. The standard InChI is InChI=1S/C17H17BrN2O3/c1-3-11(2)14-6-4-5-7-15(14)19-10-12-8-13(18)9-16(17(12)21)20(22)23/h4-11,21H,3H2,1-2H3. The monoisotopic (exact) mass is 376 g/mol. The number of hydrogen-bond donors (Lipinski definition) is 1. The number of aliphatic imine (C=N–C) groups is 1. The van der Waals surface area contributed by atoms with E-state index >= 15 is 0 Å². The second-order valence-corrected chi connectivity index (χ2v) is 6.16. The maximum absolute atomic E-state index is 11.0. The Labute approximate surface area is 143 Å². The van der Waals surface area contributed by atoms with Gasteiger partial charge in [0.15, 0.2) is 0 Å². The third kappa shape index (κ3) is 3.96. The Hall–Kier alpha value is -2.21. The van der Waals surface area contributed by atoms with Gasteiger partial charge >= 0.3 is 5.69 Å². The number of halogens is 1. The Bertz CT molecular complexity index is 759. The zero-order valence-electron chi connectivity index (χ0n) is 12.9. The summed E-state index contributed by atoms with van der Waals surface area (Å²) in [5, 5.41) is 21.0. The van der Waals surface area contributed by atoms with Crippen LogP contribution in [0.25, 0.3) is 0 Å². The van der Waals surface area contributed by atoms with E-state index in [2.05, 4.69) is 34.8 Å². The normalized spacial score (nSPS) is 12.5. The fourth-order valence-electron chi connectivity index (χ4n) is 2.22. The van der Waals surface area contributed by atoms with Crippen molar-refractivity contribution < 1.29 is 10.0 Å². The van der Waals surface area contributed by atoms with E-state index in [0.29, 0.717) is 16.0 Å². The van der Waals surface area contributed by atoms with Crippen LogP contribution in [0.3, 0.4) is 0 Å². The fraction of sp³-hybridized carbons (Fsp3) is 0.235. The number of hydrogen-bond acceptors (Lipinski definition) is 4. The van der Waals surface area contributed by atoms with E-state index in [1.807, 2.05) is 24.3 Å². The fourth-order valence-corrected chi connectivity index (χ4v) is 2.69. The Morgan fingerprint density at radius 1 is 1.39 bits per heavy atom. The van der Waals surface area contributed by atoms with Crippen molar-refractivity contribution in [2.75, 3.05) is 0 Å². The topological polar surface area (TPSA) is 75.7 Å². The Morgan fingerprint density at radius 3 is 2.74 bits per heavy atom. The van der Waals surface area contributed by atoms with Crippen LogP contribution in [-0.2, 0) is 0 Å². The zero-order chi connectivity index (χ0) is 17.0. The minimum absolute atomic E-state index is 0.296. The molecule has 0 aliphatic rings. The minimum Gasteiger partial charge on any atom is -0.502 e. The second-order valence-electron chi connectivity index (χ2n) is 5.25. The van der Waals surface area contributed by atoms with Crippen LogP contribution in [0.5, 0.6) is 5.75 Å². The smallest absolute Gasteiger partial charge is 0.312 e. The molecule has 0 fully saturated rings. The summed E-state index contributed by atoms with van der Waals surface area (Å²) < 4.78 is 0.513. The number of phenolic OH excluding ortho intramolecular Hbond substituents is 1. The van der Waals surface area contributed by atoms with E-state index in [-0.39, 0.29) is 11.4 Å². The maximum Gasteiger partial charge on any atom is 0.312 e. The Balaban J connectivity index is 2.44. The quantitative estimate of drug-likeness (QED) is 0.435. The molecule has 0 amide bonds. The number of nitro groups is 1. The SMILES string of the molecule is CCC(C)c1ccccc1N=Cc1cc(Br)cc([N+](=O)[O-])c1O. The largest absolute Gasteiger partial charge is 0.502 e. The molecule has 2 rings (SSSR count). The average molecular weight is 377 g/mol. The predicted molar refractivity (Wildman–Crippen MR) is 94.9 cm³/mol. The maximum atomic E-state index is 11.0. The average Bonchev–Trinajstić information content (AvgIpc) is 2.54. The number of nitrogens with zero attached hydrogens (tertiary/aromatic N) is 2. The summed E-state index contributed by atoms with van der Waals surface area (Å²) in [6.45, 7) is 4.23. The first-order valence-electron chi connectivity index (χ1n) is 7.24. The number of phenols is 1. The van der Waals surface area contributed by atoms with Crippen molar-refractivity contribution in [3.05, 3.63) is 62.1 Å². The zero-order valence-corrected chi connectivity index (χ0v) is 14.4. The summed E-state index contributed by atoms with van der Waals surface area (Å²) in [6.07, 6.45) is 2.44. The van der Waals surface area contributed by atoms with Gasteiger partial charge < -0.3 is 5.11 Å². The van der Waals surface area contributed by atoms with Crippen LogP contribution in [-0.4, -0.2) is 16.2 Å². The van der Waals surface area contributed by atoms with Crippen LogP contribution in [0.1, 0.15) is 37.3 Å². The molecule has 6 heteroatoms. The number of para-hydroxylation sites is 1. The second kappa shape index (κ2) is 7.37. The lowest BCUT2D eigenvalue weighted by Gasteiger charge is -2.11. The lowest BCUT2D eigenvalue weighted by Crippen LogP contribution is -1.94. The molecule has 2 aromatic carbocycles. The molecule has 1 atom stereocenters. The number of rotatable bonds is 5. The van der Waals surface area contributed by atoms with E-state index in [1.165, 1.54) is 12.3 Å². The summed E-state index contributed by atoms with van der Waals surface area (Å²) in [5.41, 5.74) is 1.85. The highest BCUT2D eigenvalue weighted by Gasteiger charge is 2.17. The highest BCUT2D eigenvalue weighted by molar-refractivity contribution is 9.10. The van der Waals surface area contributed by atoms with E-state index in [1.54, 1.807) is 6.07 Å². The lowest BCUT2D eigenvalue weighted by atomic mass is 9.97. The van der Waals surface area contributed by atoms with Crippen molar-refractivity contribution >= 4 is 33.5 Å². The van der Waals surface area contributed by atoms with Gasteiger partial charge in [-0.1, -0.05) is 48.0 Å². The molecule has 0 aliphatic carbocycles. The van der Waals surface area contributed by atoms with E-state index in [4.69, 9.17) is 0 Å². The molecule has 0 spiro atoms. The van der Waals surface area contributed by atoms with Gasteiger partial charge in [-0.05, 0) is 30.0 Å². The van der Waals surface area contributed by atoms with Crippen LogP contribution in [0.2, 0.25) is 0 Å². The van der Waals surface area contributed by atoms with Crippen molar-refractivity contribution in [2.45, 2.75) is 26.2 Å². The van der Waals surface area contributed by atoms with Crippen molar-refractivity contribution in [3.63, 3.8) is 0 Å². The molecule has 5 nitrogen and oxygen atoms in total. The van der Waals surface area contributed by atoms with Gasteiger partial charge in [-0.2, -0.15) is 0 Å². The van der Waals surface area contributed by atoms with Gasteiger partial charge in [0.1, 0.15) is 0 Å². The van der Waals surface area contributed by atoms with Crippen LogP contribution < -0.4 is 0 Å². The van der Waals surface area contributed by atoms with Crippen molar-refractivity contribution in [1.29, 1.82) is 0 Å². The van der Waals surface area contributed by atoms with Crippen LogP contribution >= 0.6 is 15.9 Å². The first kappa shape index (κ1) is 17.1. The number of aromatic hydroxyl groups is 1. The Morgan fingerprint density at radius 2 is 2.09 bits per heavy atom. The van der Waals surface area contributed by atoms with Crippen LogP contribution in [0.15, 0.2) is 45.9 Å². The molecule has 0 heterocycles. The van der Waals surface area contributed by atoms with E-state index in [0.717, 1.165) is 17.7 Å². The molecule has 2 aromatic rings. The van der Waals surface area contributed by atoms with Gasteiger partial charge in [0, 0.05) is 22.3 Å². The number of nitro benzene ring substituents is 1. The molecule has 1 N–H and O–H groups in total. The van der Waals surface area contributed by atoms with Crippen LogP contribution in [0, 0.1) is 10.1 Å². The van der Waals surface area contributed by atoms with Crippen LogP contribution in [0.4, 0.5) is 11.4 Å². The molecule has 0 saturated heterocycles. The molecular formula is C17H17BrN2O3. The molecular weight excluding hydrogens is 360 g/mol. The molecule has 23 heavy (non-hydrogen) atoms. The highest BCUT2D eigenvalue weighted by atomic mass is 79.9. The molecule has 120 valence electrons. The molecule has 0 saturated carbocycles. The molecule has 0 aromatic heterocycles. The van der Waals surface area contributed by atoms with Crippen molar-refractivity contribution in [3.8, 4) is 5.75 Å². The minimum atomic E-state index is -0.620. The summed E-state index contributed by atoms with van der Waals surface area (Å²) in [7, 11) is 0. The van der Waals surface area contributed by atoms with E-state index in [9.17, 15) is 15.2 Å². The predicted octanol–water partition coefficient (Wildman–Crippen LogP) is 5.33. The molecule has 0 bridgehead atoms. The van der Waals surface area contributed by atoms with Gasteiger partial charge in [-0.15, -0.1) is 0 Å². The van der Waals surface area contributed by atoms with Crippen molar-refractivity contribution in [2.24, 2.45) is 4.99 Å². The molecule has 0 radical (unpaired) electrons. The lowest BCUT2D eigenvalue weighted by molar-refractivity contribution is -0.385.